The van der Waals surface area contributed by atoms with Crippen LogP contribution in [0.1, 0.15) is 34.6 Å². The summed E-state index contributed by atoms with van der Waals surface area (Å²) in [6.07, 6.45) is 3.31. The number of carbonyl (C=O) groups excluding carboxylic acids is 2. The molecule has 18 heavy (non-hydrogen) atoms. The third-order valence-corrected chi connectivity index (χ3v) is 2.78. The first-order chi connectivity index (χ1) is 8.52. The summed E-state index contributed by atoms with van der Waals surface area (Å²) in [5.74, 6) is -1.02. The highest BCUT2D eigenvalue weighted by Crippen LogP contribution is 2.25. The molecule has 0 fully saturated rings. The van der Waals surface area contributed by atoms with Gasteiger partial charge in [0.1, 0.15) is 0 Å². The van der Waals surface area contributed by atoms with Crippen LogP contribution in [0.2, 0.25) is 0 Å². The smallest absolute Gasteiger partial charge is 0.228 e. The molecule has 1 aromatic rings. The molecule has 1 N–H and O–H groups in total. The lowest BCUT2D eigenvalue weighted by Crippen LogP contribution is -2.21. The van der Waals surface area contributed by atoms with Crippen LogP contribution in [0.3, 0.4) is 0 Å². The van der Waals surface area contributed by atoms with Crippen molar-refractivity contribution in [1.29, 1.82) is 0 Å². The van der Waals surface area contributed by atoms with Crippen LogP contribution >= 0.6 is 0 Å². The van der Waals surface area contributed by atoms with E-state index in [0.717, 1.165) is 0 Å². The van der Waals surface area contributed by atoms with Gasteiger partial charge in [-0.3, -0.25) is 9.59 Å². The highest BCUT2D eigenvalue weighted by atomic mass is 16.3. The van der Waals surface area contributed by atoms with Gasteiger partial charge in [0.15, 0.2) is 11.5 Å². The number of hydrogen-bond donors (Lipinski definition) is 1. The number of ketones is 2. The zero-order valence-electron chi connectivity index (χ0n) is 10.3. The van der Waals surface area contributed by atoms with Gasteiger partial charge in [-0.1, -0.05) is 50.3 Å². The van der Waals surface area contributed by atoms with E-state index in [1.54, 1.807) is 30.3 Å². The molecule has 1 aliphatic rings. The average molecular weight is 242 g/mol. The van der Waals surface area contributed by atoms with Crippen molar-refractivity contribution < 1.29 is 14.7 Å². The van der Waals surface area contributed by atoms with Crippen LogP contribution in [0.25, 0.3) is 0 Å². The van der Waals surface area contributed by atoms with Crippen LogP contribution in [0, 0.1) is 5.92 Å². The number of aliphatic hydroxyl groups excluding tert-OH is 1. The SMILES string of the molecule is CC(C)/C=C/C1=C(O)C(=O)c2ccccc2C1=O. The molecule has 0 saturated carbocycles. The zero-order chi connectivity index (χ0) is 13.3. The van der Waals surface area contributed by atoms with Crippen molar-refractivity contribution in [3.8, 4) is 0 Å². The molecule has 0 spiro atoms. The number of carbonyl (C=O) groups is 2. The fraction of sp³-hybridized carbons (Fsp3) is 0.200. The second kappa shape index (κ2) is 4.61. The number of aliphatic hydroxyl groups is 1. The van der Waals surface area contributed by atoms with Crippen molar-refractivity contribution in [2.24, 2.45) is 5.92 Å². The summed E-state index contributed by atoms with van der Waals surface area (Å²) in [6.45, 7) is 3.91. The van der Waals surface area contributed by atoms with Gasteiger partial charge >= 0.3 is 0 Å². The molecule has 0 bridgehead atoms. The molecule has 0 atom stereocenters. The summed E-state index contributed by atoms with van der Waals surface area (Å²) >= 11 is 0. The largest absolute Gasteiger partial charge is 0.504 e. The second-order valence-corrected chi connectivity index (χ2v) is 4.57. The topological polar surface area (TPSA) is 54.4 Å². The first-order valence-corrected chi connectivity index (χ1v) is 5.82. The highest BCUT2D eigenvalue weighted by molar-refractivity contribution is 6.26. The van der Waals surface area contributed by atoms with Crippen molar-refractivity contribution >= 4 is 11.6 Å². The lowest BCUT2D eigenvalue weighted by molar-refractivity contribution is 0.0932. The Morgan fingerprint density at radius 2 is 1.61 bits per heavy atom. The maximum atomic E-state index is 12.2. The van der Waals surface area contributed by atoms with Gasteiger partial charge in [0, 0.05) is 11.1 Å². The molecular formula is C15H14O3. The minimum atomic E-state index is -0.492. The summed E-state index contributed by atoms with van der Waals surface area (Å²) in [6, 6.07) is 6.53. The summed E-state index contributed by atoms with van der Waals surface area (Å²) in [4.78, 5) is 24.1. The van der Waals surface area contributed by atoms with E-state index in [2.05, 4.69) is 0 Å². The van der Waals surface area contributed by atoms with Gasteiger partial charge < -0.3 is 5.11 Å². The van der Waals surface area contributed by atoms with Crippen LogP contribution in [0.4, 0.5) is 0 Å². The van der Waals surface area contributed by atoms with E-state index >= 15 is 0 Å². The number of hydrogen-bond acceptors (Lipinski definition) is 3. The van der Waals surface area contributed by atoms with Crippen LogP contribution < -0.4 is 0 Å². The Hall–Kier alpha value is -2.16. The molecule has 0 radical (unpaired) electrons. The lowest BCUT2D eigenvalue weighted by Gasteiger charge is -2.15. The van der Waals surface area contributed by atoms with Gasteiger partial charge in [0.2, 0.25) is 5.78 Å². The maximum Gasteiger partial charge on any atom is 0.228 e. The molecule has 1 aromatic carbocycles. The van der Waals surface area contributed by atoms with E-state index in [1.807, 2.05) is 13.8 Å². The number of rotatable bonds is 2. The molecule has 1 aliphatic carbocycles. The number of allylic oxidation sites excluding steroid dienone is 4. The van der Waals surface area contributed by atoms with E-state index in [0.29, 0.717) is 5.56 Å². The van der Waals surface area contributed by atoms with E-state index < -0.39 is 11.5 Å². The van der Waals surface area contributed by atoms with Crippen LogP contribution in [0.15, 0.2) is 47.7 Å². The van der Waals surface area contributed by atoms with Crippen molar-refractivity contribution in [2.45, 2.75) is 13.8 Å². The third kappa shape index (κ3) is 1.99. The van der Waals surface area contributed by atoms with Gasteiger partial charge in [-0.2, -0.15) is 0 Å². The van der Waals surface area contributed by atoms with Crippen LogP contribution in [-0.4, -0.2) is 16.7 Å². The van der Waals surface area contributed by atoms with E-state index in [4.69, 9.17) is 0 Å². The Labute approximate surface area is 105 Å². The quantitative estimate of drug-likeness (QED) is 0.867. The second-order valence-electron chi connectivity index (χ2n) is 4.57. The molecule has 3 nitrogen and oxygen atoms in total. The lowest BCUT2D eigenvalue weighted by atomic mass is 9.87. The molecule has 0 aromatic heterocycles. The van der Waals surface area contributed by atoms with Gasteiger partial charge in [-0.05, 0) is 5.92 Å². The van der Waals surface area contributed by atoms with E-state index in [9.17, 15) is 14.7 Å². The Morgan fingerprint density at radius 1 is 1.06 bits per heavy atom. The van der Waals surface area contributed by atoms with Gasteiger partial charge in [-0.25, -0.2) is 0 Å². The molecule has 2 rings (SSSR count). The minimum absolute atomic E-state index is 0.0763. The summed E-state index contributed by atoms with van der Waals surface area (Å²) in [5.41, 5.74) is 0.692. The molecule has 0 amide bonds. The summed E-state index contributed by atoms with van der Waals surface area (Å²) in [7, 11) is 0. The third-order valence-electron chi connectivity index (χ3n) is 2.78. The van der Waals surface area contributed by atoms with Crippen LogP contribution in [-0.2, 0) is 0 Å². The van der Waals surface area contributed by atoms with Crippen molar-refractivity contribution in [2.75, 3.05) is 0 Å². The normalized spacial score (nSPS) is 15.7. The molecular weight excluding hydrogens is 228 g/mol. The van der Waals surface area contributed by atoms with Gasteiger partial charge in [0.05, 0.1) is 5.57 Å². The minimum Gasteiger partial charge on any atom is -0.504 e. The number of Topliss-reactive ketones (excluding diaryl/α,β-unsaturated/α-hetero) is 2. The zero-order valence-corrected chi connectivity index (χ0v) is 10.3. The van der Waals surface area contributed by atoms with E-state index in [1.165, 1.54) is 6.08 Å². The van der Waals surface area contributed by atoms with Crippen molar-refractivity contribution in [3.63, 3.8) is 0 Å². The fourth-order valence-corrected chi connectivity index (χ4v) is 1.82. The molecule has 0 unspecified atom stereocenters. The number of benzene rings is 1. The Bertz CT molecular complexity index is 577. The molecule has 3 heteroatoms. The fourth-order valence-electron chi connectivity index (χ4n) is 1.82. The maximum absolute atomic E-state index is 12.2. The number of fused-ring (bicyclic) bond motifs is 1. The molecule has 92 valence electrons. The Kier molecular flexibility index (Phi) is 3.15. The molecule has 0 heterocycles. The Balaban J connectivity index is 2.53. The van der Waals surface area contributed by atoms with E-state index in [-0.39, 0.29) is 22.8 Å². The highest BCUT2D eigenvalue weighted by Gasteiger charge is 2.30. The first-order valence-electron chi connectivity index (χ1n) is 5.82. The van der Waals surface area contributed by atoms with Crippen LogP contribution in [0.5, 0.6) is 0 Å². The predicted molar refractivity (Wildman–Crippen MR) is 68.7 cm³/mol. The predicted octanol–water partition coefficient (Wildman–Crippen LogP) is 3.09. The standard InChI is InChI=1S/C15H14O3/c1-9(2)7-8-12-13(16)10-5-3-4-6-11(10)14(17)15(12)18/h3-9,18H,1-2H3/b8-7+. The van der Waals surface area contributed by atoms with Gasteiger partial charge in [0.25, 0.3) is 0 Å². The van der Waals surface area contributed by atoms with Gasteiger partial charge in [-0.15, -0.1) is 0 Å². The first kappa shape index (κ1) is 12.3. The molecule has 0 saturated heterocycles. The monoisotopic (exact) mass is 242 g/mol. The Morgan fingerprint density at radius 3 is 2.17 bits per heavy atom. The molecule has 0 aliphatic heterocycles. The summed E-state index contributed by atoms with van der Waals surface area (Å²) < 4.78 is 0. The van der Waals surface area contributed by atoms with Crippen molar-refractivity contribution in [3.05, 3.63) is 58.9 Å². The average Bonchev–Trinajstić information content (AvgIpc) is 2.36. The van der Waals surface area contributed by atoms with Crippen molar-refractivity contribution in [1.82, 2.24) is 0 Å². The summed E-state index contributed by atoms with van der Waals surface area (Å²) in [5, 5.41) is 9.83.